The summed E-state index contributed by atoms with van der Waals surface area (Å²) in [7, 11) is 0. The SMILES string of the molecule is CC(O)Cn1cnnc1CC1CCCNC1. The van der Waals surface area contributed by atoms with Gasteiger partial charge in [-0.05, 0) is 38.8 Å². The van der Waals surface area contributed by atoms with Gasteiger partial charge in [0.1, 0.15) is 12.2 Å². The molecule has 16 heavy (non-hydrogen) atoms. The standard InChI is InChI=1S/C11H20N4O/c1-9(16)7-15-8-13-14-11(15)5-10-3-2-4-12-6-10/h8-10,12,16H,2-7H2,1H3. The van der Waals surface area contributed by atoms with Crippen LogP contribution in [0.15, 0.2) is 6.33 Å². The van der Waals surface area contributed by atoms with Crippen molar-refractivity contribution in [3.05, 3.63) is 12.2 Å². The molecule has 0 spiro atoms. The van der Waals surface area contributed by atoms with Crippen LogP contribution in [-0.2, 0) is 13.0 Å². The Kier molecular flexibility index (Phi) is 3.90. The molecule has 2 rings (SSSR count). The van der Waals surface area contributed by atoms with Crippen LogP contribution in [0.1, 0.15) is 25.6 Å². The zero-order chi connectivity index (χ0) is 11.4. The molecule has 2 unspecified atom stereocenters. The van der Waals surface area contributed by atoms with Gasteiger partial charge in [0, 0.05) is 6.42 Å². The quantitative estimate of drug-likeness (QED) is 0.767. The van der Waals surface area contributed by atoms with Gasteiger partial charge in [-0.25, -0.2) is 0 Å². The molecular weight excluding hydrogens is 204 g/mol. The third-order valence-corrected chi connectivity index (χ3v) is 3.03. The van der Waals surface area contributed by atoms with Gasteiger partial charge in [-0.2, -0.15) is 0 Å². The highest BCUT2D eigenvalue weighted by Gasteiger charge is 2.16. The van der Waals surface area contributed by atoms with Crippen molar-refractivity contribution < 1.29 is 5.11 Å². The third kappa shape index (κ3) is 3.02. The topological polar surface area (TPSA) is 63.0 Å². The van der Waals surface area contributed by atoms with Crippen LogP contribution in [0.3, 0.4) is 0 Å². The monoisotopic (exact) mass is 224 g/mol. The van der Waals surface area contributed by atoms with Gasteiger partial charge in [-0.15, -0.1) is 10.2 Å². The van der Waals surface area contributed by atoms with E-state index in [0.717, 1.165) is 25.3 Å². The summed E-state index contributed by atoms with van der Waals surface area (Å²) in [6, 6.07) is 0. The predicted octanol–water partition coefficient (Wildman–Crippen LogP) is 0.201. The maximum absolute atomic E-state index is 9.37. The van der Waals surface area contributed by atoms with E-state index in [1.54, 1.807) is 13.3 Å². The first kappa shape index (κ1) is 11.5. The minimum atomic E-state index is -0.348. The third-order valence-electron chi connectivity index (χ3n) is 3.03. The Balaban J connectivity index is 1.94. The molecule has 1 fully saturated rings. The first-order valence-electron chi connectivity index (χ1n) is 6.01. The second-order valence-corrected chi connectivity index (χ2v) is 4.67. The summed E-state index contributed by atoms with van der Waals surface area (Å²) in [5.74, 6) is 1.65. The lowest BCUT2D eigenvalue weighted by molar-refractivity contribution is 0.171. The fourth-order valence-corrected chi connectivity index (χ4v) is 2.23. The van der Waals surface area contributed by atoms with Gasteiger partial charge >= 0.3 is 0 Å². The van der Waals surface area contributed by atoms with Crippen molar-refractivity contribution in [2.45, 2.75) is 38.8 Å². The molecule has 1 aliphatic rings. The Labute approximate surface area is 95.9 Å². The molecule has 0 radical (unpaired) electrons. The number of nitrogens with one attached hydrogen (secondary N) is 1. The van der Waals surface area contributed by atoms with Gasteiger partial charge in [0.2, 0.25) is 0 Å². The van der Waals surface area contributed by atoms with Crippen LogP contribution in [-0.4, -0.2) is 39.1 Å². The zero-order valence-corrected chi connectivity index (χ0v) is 9.76. The van der Waals surface area contributed by atoms with Crippen LogP contribution in [0, 0.1) is 5.92 Å². The molecule has 1 aromatic heterocycles. The lowest BCUT2D eigenvalue weighted by atomic mass is 9.96. The summed E-state index contributed by atoms with van der Waals surface area (Å²) in [6.07, 6.45) is 4.82. The Hall–Kier alpha value is -0.940. The normalized spacial score (nSPS) is 23.2. The zero-order valence-electron chi connectivity index (χ0n) is 9.76. The highest BCUT2D eigenvalue weighted by molar-refractivity contribution is 4.90. The second-order valence-electron chi connectivity index (χ2n) is 4.67. The van der Waals surface area contributed by atoms with E-state index in [4.69, 9.17) is 0 Å². The molecule has 1 aliphatic heterocycles. The second kappa shape index (κ2) is 5.41. The summed E-state index contributed by atoms with van der Waals surface area (Å²) in [6.45, 7) is 4.58. The highest BCUT2D eigenvalue weighted by atomic mass is 16.3. The molecular formula is C11H20N4O. The van der Waals surface area contributed by atoms with E-state index < -0.39 is 0 Å². The molecule has 0 amide bonds. The molecule has 0 bridgehead atoms. The van der Waals surface area contributed by atoms with Crippen LogP contribution in [0.5, 0.6) is 0 Å². The van der Waals surface area contributed by atoms with Crippen molar-refractivity contribution >= 4 is 0 Å². The highest BCUT2D eigenvalue weighted by Crippen LogP contribution is 2.15. The minimum absolute atomic E-state index is 0.348. The molecule has 5 nitrogen and oxygen atoms in total. The number of aliphatic hydroxyl groups is 1. The van der Waals surface area contributed by atoms with E-state index in [0.29, 0.717) is 12.5 Å². The lowest BCUT2D eigenvalue weighted by Crippen LogP contribution is -2.31. The van der Waals surface area contributed by atoms with Gasteiger partial charge in [0.05, 0.1) is 12.6 Å². The summed E-state index contributed by atoms with van der Waals surface area (Å²) < 4.78 is 1.96. The number of aromatic nitrogens is 3. The minimum Gasteiger partial charge on any atom is -0.392 e. The molecule has 2 heterocycles. The smallest absolute Gasteiger partial charge is 0.133 e. The number of hydrogen-bond donors (Lipinski definition) is 2. The first-order valence-corrected chi connectivity index (χ1v) is 6.01. The largest absolute Gasteiger partial charge is 0.392 e. The molecule has 5 heteroatoms. The average molecular weight is 224 g/mol. The fraction of sp³-hybridized carbons (Fsp3) is 0.818. The van der Waals surface area contributed by atoms with Crippen molar-refractivity contribution in [2.24, 2.45) is 5.92 Å². The molecule has 2 atom stereocenters. The van der Waals surface area contributed by atoms with Crippen LogP contribution in [0.25, 0.3) is 0 Å². The van der Waals surface area contributed by atoms with Crippen LogP contribution >= 0.6 is 0 Å². The summed E-state index contributed by atoms with van der Waals surface area (Å²) in [5, 5.41) is 20.8. The molecule has 0 aromatic carbocycles. The van der Waals surface area contributed by atoms with Gasteiger partial charge in [0.15, 0.2) is 0 Å². The van der Waals surface area contributed by atoms with Crippen LogP contribution in [0.4, 0.5) is 0 Å². The molecule has 2 N–H and O–H groups in total. The van der Waals surface area contributed by atoms with E-state index in [-0.39, 0.29) is 6.10 Å². The predicted molar refractivity (Wildman–Crippen MR) is 61.0 cm³/mol. The van der Waals surface area contributed by atoms with E-state index >= 15 is 0 Å². The van der Waals surface area contributed by atoms with Gasteiger partial charge < -0.3 is 15.0 Å². The molecule has 0 saturated carbocycles. The molecule has 90 valence electrons. The Morgan fingerprint density at radius 1 is 1.69 bits per heavy atom. The maximum Gasteiger partial charge on any atom is 0.133 e. The van der Waals surface area contributed by atoms with E-state index in [9.17, 15) is 5.11 Å². The van der Waals surface area contributed by atoms with Crippen molar-refractivity contribution in [1.29, 1.82) is 0 Å². The average Bonchev–Trinajstić information content (AvgIpc) is 2.66. The lowest BCUT2D eigenvalue weighted by Gasteiger charge is -2.22. The van der Waals surface area contributed by atoms with E-state index in [2.05, 4.69) is 15.5 Å². The van der Waals surface area contributed by atoms with Gasteiger partial charge in [-0.3, -0.25) is 0 Å². The van der Waals surface area contributed by atoms with Crippen molar-refractivity contribution in [3.8, 4) is 0 Å². The number of aliphatic hydroxyl groups excluding tert-OH is 1. The van der Waals surface area contributed by atoms with E-state index in [1.807, 2.05) is 4.57 Å². The molecule has 0 aliphatic carbocycles. The number of hydrogen-bond acceptors (Lipinski definition) is 4. The molecule has 1 saturated heterocycles. The van der Waals surface area contributed by atoms with Crippen molar-refractivity contribution in [2.75, 3.05) is 13.1 Å². The number of nitrogens with zero attached hydrogens (tertiary/aromatic N) is 3. The van der Waals surface area contributed by atoms with Gasteiger partial charge in [-0.1, -0.05) is 0 Å². The maximum atomic E-state index is 9.37. The Bertz CT molecular complexity index is 318. The fourth-order valence-electron chi connectivity index (χ4n) is 2.23. The van der Waals surface area contributed by atoms with Crippen molar-refractivity contribution in [1.82, 2.24) is 20.1 Å². The summed E-state index contributed by atoms with van der Waals surface area (Å²) >= 11 is 0. The summed E-state index contributed by atoms with van der Waals surface area (Å²) in [4.78, 5) is 0. The number of piperidine rings is 1. The van der Waals surface area contributed by atoms with E-state index in [1.165, 1.54) is 12.8 Å². The summed E-state index contributed by atoms with van der Waals surface area (Å²) in [5.41, 5.74) is 0. The Morgan fingerprint density at radius 3 is 3.25 bits per heavy atom. The van der Waals surface area contributed by atoms with Crippen molar-refractivity contribution in [3.63, 3.8) is 0 Å². The number of rotatable bonds is 4. The van der Waals surface area contributed by atoms with Gasteiger partial charge in [0.25, 0.3) is 0 Å². The Morgan fingerprint density at radius 2 is 2.56 bits per heavy atom. The van der Waals surface area contributed by atoms with Crippen LogP contribution in [0.2, 0.25) is 0 Å². The molecule has 1 aromatic rings. The van der Waals surface area contributed by atoms with Crippen LogP contribution < -0.4 is 5.32 Å². The first-order chi connectivity index (χ1) is 7.75.